The van der Waals surface area contributed by atoms with Crippen LogP contribution >= 0.6 is 23.2 Å². The van der Waals surface area contributed by atoms with E-state index in [1.54, 1.807) is 42.5 Å². The maximum atomic E-state index is 12.1. The van der Waals surface area contributed by atoms with E-state index in [2.05, 4.69) is 10.5 Å². The van der Waals surface area contributed by atoms with E-state index < -0.39 is 5.91 Å². The van der Waals surface area contributed by atoms with Gasteiger partial charge in [-0.15, -0.1) is 0 Å². The smallest absolute Gasteiger partial charge is 0.265 e. The van der Waals surface area contributed by atoms with Crippen LogP contribution in [-0.2, 0) is 9.59 Å². The maximum Gasteiger partial charge on any atom is 0.265 e. The van der Waals surface area contributed by atoms with Gasteiger partial charge in [-0.3, -0.25) is 14.5 Å². The van der Waals surface area contributed by atoms with E-state index in [0.717, 1.165) is 0 Å². The van der Waals surface area contributed by atoms with Gasteiger partial charge in [0.2, 0.25) is 0 Å². The lowest BCUT2D eigenvalue weighted by molar-refractivity contribution is -0.125. The SMILES string of the molecule is O=C(CN1C(=O)COc2ccccc21)N/N=C\c1cccc(Cl)c1Cl. The van der Waals surface area contributed by atoms with Gasteiger partial charge in [-0.25, -0.2) is 5.43 Å². The van der Waals surface area contributed by atoms with Crippen LogP contribution in [0, 0.1) is 0 Å². The molecule has 0 atom stereocenters. The van der Waals surface area contributed by atoms with Crippen molar-refractivity contribution in [2.24, 2.45) is 5.10 Å². The van der Waals surface area contributed by atoms with Gasteiger partial charge < -0.3 is 4.74 Å². The zero-order chi connectivity index (χ0) is 17.8. The lowest BCUT2D eigenvalue weighted by Crippen LogP contribution is -2.44. The van der Waals surface area contributed by atoms with Crippen molar-refractivity contribution in [3.63, 3.8) is 0 Å². The predicted octanol–water partition coefficient (Wildman–Crippen LogP) is 2.87. The van der Waals surface area contributed by atoms with Crippen molar-refractivity contribution in [1.29, 1.82) is 0 Å². The summed E-state index contributed by atoms with van der Waals surface area (Å²) >= 11 is 11.9. The Bertz CT molecular complexity index is 855. The average molecular weight is 378 g/mol. The van der Waals surface area contributed by atoms with Crippen molar-refractivity contribution in [1.82, 2.24) is 5.43 Å². The molecule has 0 saturated carbocycles. The molecule has 0 unspecified atom stereocenters. The van der Waals surface area contributed by atoms with Gasteiger partial charge in [0, 0.05) is 5.56 Å². The first kappa shape index (κ1) is 17.3. The summed E-state index contributed by atoms with van der Waals surface area (Å²) in [7, 11) is 0. The summed E-state index contributed by atoms with van der Waals surface area (Å²) in [5.41, 5.74) is 3.49. The molecule has 1 N–H and O–H groups in total. The number of hydrogen-bond acceptors (Lipinski definition) is 4. The highest BCUT2D eigenvalue weighted by Gasteiger charge is 2.26. The Morgan fingerprint density at radius 3 is 2.88 bits per heavy atom. The number of rotatable bonds is 4. The van der Waals surface area contributed by atoms with Crippen molar-refractivity contribution in [2.45, 2.75) is 0 Å². The van der Waals surface area contributed by atoms with Gasteiger partial charge in [-0.2, -0.15) is 5.10 Å². The Morgan fingerprint density at radius 2 is 2.04 bits per heavy atom. The number of carbonyl (C=O) groups excluding carboxylic acids is 2. The Hall–Kier alpha value is -2.57. The van der Waals surface area contributed by atoms with Gasteiger partial charge in [0.05, 0.1) is 21.9 Å². The third-order valence-electron chi connectivity index (χ3n) is 3.48. The number of hydrogen-bond donors (Lipinski definition) is 1. The monoisotopic (exact) mass is 377 g/mol. The van der Waals surface area contributed by atoms with Crippen LogP contribution in [0.4, 0.5) is 5.69 Å². The Labute approximate surface area is 154 Å². The molecule has 128 valence electrons. The summed E-state index contributed by atoms with van der Waals surface area (Å²) in [4.78, 5) is 25.5. The molecule has 3 rings (SSSR count). The van der Waals surface area contributed by atoms with Crippen LogP contribution in [-0.4, -0.2) is 31.2 Å². The van der Waals surface area contributed by atoms with E-state index in [-0.39, 0.29) is 19.1 Å². The molecule has 1 aliphatic rings. The summed E-state index contributed by atoms with van der Waals surface area (Å²) in [5, 5.41) is 4.60. The molecular formula is C17H13Cl2N3O3. The molecule has 2 aromatic rings. The zero-order valence-electron chi connectivity index (χ0n) is 12.9. The summed E-state index contributed by atoms with van der Waals surface area (Å²) < 4.78 is 5.33. The zero-order valence-corrected chi connectivity index (χ0v) is 14.4. The van der Waals surface area contributed by atoms with E-state index in [4.69, 9.17) is 27.9 Å². The first-order valence-corrected chi connectivity index (χ1v) is 8.10. The van der Waals surface area contributed by atoms with Crippen molar-refractivity contribution < 1.29 is 14.3 Å². The van der Waals surface area contributed by atoms with E-state index in [9.17, 15) is 9.59 Å². The highest BCUT2D eigenvalue weighted by Crippen LogP contribution is 2.31. The second-order valence-electron chi connectivity index (χ2n) is 5.17. The molecule has 0 radical (unpaired) electrons. The molecular weight excluding hydrogens is 365 g/mol. The number of nitrogens with zero attached hydrogens (tertiary/aromatic N) is 2. The third kappa shape index (κ3) is 3.92. The van der Waals surface area contributed by atoms with Crippen LogP contribution in [0.15, 0.2) is 47.6 Å². The minimum atomic E-state index is -0.445. The lowest BCUT2D eigenvalue weighted by Gasteiger charge is -2.28. The minimum Gasteiger partial charge on any atom is -0.482 e. The highest BCUT2D eigenvalue weighted by atomic mass is 35.5. The van der Waals surface area contributed by atoms with E-state index in [1.165, 1.54) is 11.1 Å². The quantitative estimate of drug-likeness (QED) is 0.657. The van der Waals surface area contributed by atoms with Crippen LogP contribution in [0.3, 0.4) is 0 Å². The summed E-state index contributed by atoms with van der Waals surface area (Å²) in [6.45, 7) is -0.272. The molecule has 8 heteroatoms. The lowest BCUT2D eigenvalue weighted by atomic mass is 10.2. The number of benzene rings is 2. The first-order chi connectivity index (χ1) is 12.1. The van der Waals surface area contributed by atoms with Crippen LogP contribution in [0.2, 0.25) is 10.0 Å². The van der Waals surface area contributed by atoms with Gasteiger partial charge in [0.1, 0.15) is 12.3 Å². The molecule has 0 fully saturated rings. The van der Waals surface area contributed by atoms with Crippen molar-refractivity contribution >= 4 is 46.9 Å². The molecule has 0 saturated heterocycles. The number of para-hydroxylation sites is 2. The maximum absolute atomic E-state index is 12.1. The molecule has 1 heterocycles. The van der Waals surface area contributed by atoms with E-state index in [0.29, 0.717) is 27.0 Å². The van der Waals surface area contributed by atoms with Crippen LogP contribution in [0.25, 0.3) is 0 Å². The van der Waals surface area contributed by atoms with Crippen molar-refractivity contribution in [3.8, 4) is 5.75 Å². The van der Waals surface area contributed by atoms with Gasteiger partial charge >= 0.3 is 0 Å². The fourth-order valence-corrected chi connectivity index (χ4v) is 2.66. The number of anilines is 1. The summed E-state index contributed by atoms with van der Waals surface area (Å²) in [5.74, 6) is -0.181. The predicted molar refractivity (Wildman–Crippen MR) is 96.5 cm³/mol. The topological polar surface area (TPSA) is 71.0 Å². The summed E-state index contributed by atoms with van der Waals surface area (Å²) in [6.07, 6.45) is 1.39. The van der Waals surface area contributed by atoms with Gasteiger partial charge in [0.25, 0.3) is 11.8 Å². The second kappa shape index (κ2) is 7.55. The molecule has 6 nitrogen and oxygen atoms in total. The van der Waals surface area contributed by atoms with Crippen molar-refractivity contribution in [3.05, 3.63) is 58.1 Å². The normalized spacial score (nSPS) is 13.5. The number of amides is 2. The van der Waals surface area contributed by atoms with E-state index >= 15 is 0 Å². The number of fused-ring (bicyclic) bond motifs is 1. The number of carbonyl (C=O) groups is 2. The number of hydrazone groups is 1. The van der Waals surface area contributed by atoms with Crippen LogP contribution in [0.5, 0.6) is 5.75 Å². The molecule has 0 aliphatic carbocycles. The molecule has 25 heavy (non-hydrogen) atoms. The van der Waals surface area contributed by atoms with Crippen molar-refractivity contribution in [2.75, 3.05) is 18.1 Å². The number of halogens is 2. The minimum absolute atomic E-state index is 0.105. The molecule has 0 aromatic heterocycles. The standard InChI is InChI=1S/C17H13Cl2N3O3/c18-12-5-3-4-11(17(12)19)8-20-21-15(23)9-22-13-6-1-2-7-14(13)25-10-16(22)24/h1-8H,9-10H2,(H,21,23)/b20-8-. The largest absolute Gasteiger partial charge is 0.482 e. The van der Waals surface area contributed by atoms with Gasteiger partial charge in [-0.1, -0.05) is 47.5 Å². The average Bonchev–Trinajstić information content (AvgIpc) is 2.61. The fraction of sp³-hybridized carbons (Fsp3) is 0.118. The fourth-order valence-electron chi connectivity index (χ4n) is 2.30. The molecule has 2 amide bonds. The number of ether oxygens (including phenoxy) is 1. The molecule has 2 aromatic carbocycles. The Morgan fingerprint density at radius 1 is 1.24 bits per heavy atom. The van der Waals surface area contributed by atoms with Crippen LogP contribution in [0.1, 0.15) is 5.56 Å². The second-order valence-corrected chi connectivity index (χ2v) is 5.96. The van der Waals surface area contributed by atoms with Gasteiger partial charge in [0.15, 0.2) is 6.61 Å². The highest BCUT2D eigenvalue weighted by molar-refractivity contribution is 6.43. The molecule has 0 bridgehead atoms. The van der Waals surface area contributed by atoms with E-state index in [1.807, 2.05) is 0 Å². The van der Waals surface area contributed by atoms with Gasteiger partial charge in [-0.05, 0) is 18.2 Å². The third-order valence-corrected chi connectivity index (χ3v) is 4.32. The summed E-state index contributed by atoms with van der Waals surface area (Å²) in [6, 6.07) is 12.1. The molecule has 0 spiro atoms. The first-order valence-electron chi connectivity index (χ1n) is 7.34. The molecule has 1 aliphatic heterocycles. The van der Waals surface area contributed by atoms with Crippen LogP contribution < -0.4 is 15.1 Å². The Balaban J connectivity index is 1.66. The Kier molecular flexibility index (Phi) is 5.21. The number of nitrogens with one attached hydrogen (secondary N) is 1.